The molecular weight excluding hydrogens is 270 g/mol. The molecule has 0 saturated carbocycles. The van der Waals surface area contributed by atoms with Crippen molar-refractivity contribution in [2.45, 2.75) is 39.3 Å². The van der Waals surface area contributed by atoms with Gasteiger partial charge in [-0.05, 0) is 13.3 Å². The number of nitrogens with zero attached hydrogens (tertiary/aromatic N) is 4. The first-order valence-electron chi connectivity index (χ1n) is 7.71. The fourth-order valence-electron chi connectivity index (χ4n) is 2.49. The molecule has 2 rings (SSSR count). The van der Waals surface area contributed by atoms with E-state index in [1.165, 1.54) is 0 Å². The lowest BCUT2D eigenvalue weighted by Gasteiger charge is -2.26. The summed E-state index contributed by atoms with van der Waals surface area (Å²) in [4.78, 5) is 18.7. The van der Waals surface area contributed by atoms with Gasteiger partial charge in [0.25, 0.3) is 0 Å². The van der Waals surface area contributed by atoms with Crippen LogP contribution in [0.5, 0.6) is 0 Å². The number of amides is 1. The summed E-state index contributed by atoms with van der Waals surface area (Å²) in [5.74, 6) is 0.902. The van der Waals surface area contributed by atoms with Gasteiger partial charge in [-0.1, -0.05) is 6.92 Å². The largest absolute Gasteiger partial charge is 0.379 e. The SMILES string of the molecule is CC[C@H](NC(=O)CCN1CCOCC1)c1ncnn1CC. The van der Waals surface area contributed by atoms with Gasteiger partial charge in [-0.25, -0.2) is 9.67 Å². The van der Waals surface area contributed by atoms with E-state index in [4.69, 9.17) is 4.74 Å². The van der Waals surface area contributed by atoms with Gasteiger partial charge in [0.15, 0.2) is 0 Å². The Morgan fingerprint density at radius 2 is 2.19 bits per heavy atom. The van der Waals surface area contributed by atoms with Crippen LogP contribution in [0.4, 0.5) is 0 Å². The molecule has 1 aromatic heterocycles. The van der Waals surface area contributed by atoms with Crippen LogP contribution in [-0.4, -0.2) is 58.4 Å². The minimum Gasteiger partial charge on any atom is -0.379 e. The number of nitrogens with one attached hydrogen (secondary N) is 1. The van der Waals surface area contributed by atoms with Crippen LogP contribution in [0.1, 0.15) is 38.6 Å². The van der Waals surface area contributed by atoms with Gasteiger partial charge < -0.3 is 10.1 Å². The summed E-state index contributed by atoms with van der Waals surface area (Å²) < 4.78 is 7.13. The molecule has 0 aromatic carbocycles. The minimum atomic E-state index is -0.0651. The molecule has 7 heteroatoms. The number of rotatable bonds is 7. The average molecular weight is 295 g/mol. The Labute approximate surface area is 125 Å². The Bertz CT molecular complexity index is 442. The Morgan fingerprint density at radius 3 is 2.86 bits per heavy atom. The molecule has 0 unspecified atom stereocenters. The third-order valence-corrected chi connectivity index (χ3v) is 3.76. The van der Waals surface area contributed by atoms with E-state index in [-0.39, 0.29) is 11.9 Å². The predicted octanol–water partition coefficient (Wildman–Crippen LogP) is 0.588. The maximum Gasteiger partial charge on any atom is 0.221 e. The van der Waals surface area contributed by atoms with Crippen LogP contribution in [0, 0.1) is 0 Å². The molecule has 0 spiro atoms. The highest BCUT2D eigenvalue weighted by Gasteiger charge is 2.19. The van der Waals surface area contributed by atoms with Gasteiger partial charge in [0.1, 0.15) is 12.2 Å². The highest BCUT2D eigenvalue weighted by Crippen LogP contribution is 2.13. The molecule has 2 heterocycles. The third kappa shape index (κ3) is 4.50. The van der Waals surface area contributed by atoms with E-state index >= 15 is 0 Å². The predicted molar refractivity (Wildman–Crippen MR) is 78.7 cm³/mol. The van der Waals surface area contributed by atoms with Crippen molar-refractivity contribution >= 4 is 5.91 Å². The fraction of sp³-hybridized carbons (Fsp3) is 0.786. The zero-order valence-corrected chi connectivity index (χ0v) is 12.9. The van der Waals surface area contributed by atoms with Crippen molar-refractivity contribution in [3.8, 4) is 0 Å². The molecule has 1 aromatic rings. The number of carbonyl (C=O) groups excluding carboxylic acids is 1. The molecule has 7 nitrogen and oxygen atoms in total. The number of hydrogen-bond acceptors (Lipinski definition) is 5. The Kier molecular flexibility index (Phi) is 6.13. The number of aryl methyl sites for hydroxylation is 1. The summed E-state index contributed by atoms with van der Waals surface area (Å²) in [6.45, 7) is 8.95. The van der Waals surface area contributed by atoms with E-state index in [1.807, 2.05) is 18.5 Å². The van der Waals surface area contributed by atoms with Crippen molar-refractivity contribution in [3.63, 3.8) is 0 Å². The molecule has 0 aliphatic carbocycles. The first-order chi connectivity index (χ1) is 10.2. The average Bonchev–Trinajstić information content (AvgIpc) is 3.00. The van der Waals surface area contributed by atoms with E-state index in [1.54, 1.807) is 6.33 Å². The molecule has 0 bridgehead atoms. The van der Waals surface area contributed by atoms with Gasteiger partial charge >= 0.3 is 0 Å². The van der Waals surface area contributed by atoms with E-state index in [9.17, 15) is 4.79 Å². The monoisotopic (exact) mass is 295 g/mol. The lowest BCUT2D eigenvalue weighted by molar-refractivity contribution is -0.122. The highest BCUT2D eigenvalue weighted by atomic mass is 16.5. The molecular formula is C14H25N5O2. The number of ether oxygens (including phenoxy) is 1. The molecule has 1 saturated heterocycles. The van der Waals surface area contributed by atoms with Crippen molar-refractivity contribution in [2.24, 2.45) is 0 Å². The number of hydrogen-bond donors (Lipinski definition) is 1. The molecule has 1 aliphatic rings. The van der Waals surface area contributed by atoms with E-state index in [2.05, 4.69) is 20.3 Å². The summed E-state index contributed by atoms with van der Waals surface area (Å²) in [7, 11) is 0. The molecule has 1 atom stereocenters. The van der Waals surface area contributed by atoms with Gasteiger partial charge in [-0.2, -0.15) is 5.10 Å². The second-order valence-electron chi connectivity index (χ2n) is 5.17. The first kappa shape index (κ1) is 15.9. The zero-order valence-electron chi connectivity index (χ0n) is 12.9. The van der Waals surface area contributed by atoms with Crippen LogP contribution in [-0.2, 0) is 16.1 Å². The molecule has 1 fully saturated rings. The van der Waals surface area contributed by atoms with Crippen molar-refractivity contribution in [3.05, 3.63) is 12.2 Å². The fourth-order valence-corrected chi connectivity index (χ4v) is 2.49. The van der Waals surface area contributed by atoms with Gasteiger partial charge in [-0.15, -0.1) is 0 Å². The van der Waals surface area contributed by atoms with E-state index < -0.39 is 0 Å². The summed E-state index contributed by atoms with van der Waals surface area (Å²) in [5.41, 5.74) is 0. The maximum atomic E-state index is 12.1. The topological polar surface area (TPSA) is 72.3 Å². The summed E-state index contributed by atoms with van der Waals surface area (Å²) in [5, 5.41) is 7.23. The lowest BCUT2D eigenvalue weighted by atomic mass is 10.2. The number of morpholine rings is 1. The van der Waals surface area contributed by atoms with E-state index in [0.29, 0.717) is 6.42 Å². The van der Waals surface area contributed by atoms with Crippen LogP contribution < -0.4 is 5.32 Å². The minimum absolute atomic E-state index is 0.0651. The van der Waals surface area contributed by atoms with Gasteiger partial charge in [0.05, 0.1) is 19.3 Å². The van der Waals surface area contributed by atoms with Crippen molar-refractivity contribution < 1.29 is 9.53 Å². The summed E-state index contributed by atoms with van der Waals surface area (Å²) in [6, 6.07) is -0.0651. The maximum absolute atomic E-state index is 12.1. The second kappa shape index (κ2) is 8.09. The molecule has 0 radical (unpaired) electrons. The Morgan fingerprint density at radius 1 is 1.43 bits per heavy atom. The molecule has 1 amide bonds. The summed E-state index contributed by atoms with van der Waals surface area (Å²) in [6.07, 6.45) is 2.86. The number of carbonyl (C=O) groups is 1. The third-order valence-electron chi connectivity index (χ3n) is 3.76. The van der Waals surface area contributed by atoms with Crippen LogP contribution in [0.2, 0.25) is 0 Å². The lowest BCUT2D eigenvalue weighted by Crippen LogP contribution is -2.39. The molecule has 21 heavy (non-hydrogen) atoms. The van der Waals surface area contributed by atoms with Gasteiger partial charge in [0.2, 0.25) is 5.91 Å². The zero-order chi connectivity index (χ0) is 15.1. The van der Waals surface area contributed by atoms with Crippen molar-refractivity contribution in [1.82, 2.24) is 25.0 Å². The normalized spacial score (nSPS) is 17.6. The summed E-state index contributed by atoms with van der Waals surface area (Å²) >= 11 is 0. The Hall–Kier alpha value is -1.47. The van der Waals surface area contributed by atoms with Crippen molar-refractivity contribution in [2.75, 3.05) is 32.8 Å². The smallest absolute Gasteiger partial charge is 0.221 e. The Balaban J connectivity index is 1.82. The van der Waals surface area contributed by atoms with Crippen LogP contribution in [0.25, 0.3) is 0 Å². The van der Waals surface area contributed by atoms with Gasteiger partial charge in [-0.3, -0.25) is 9.69 Å². The highest BCUT2D eigenvalue weighted by molar-refractivity contribution is 5.76. The van der Waals surface area contributed by atoms with Gasteiger partial charge in [0, 0.05) is 32.6 Å². The molecule has 118 valence electrons. The van der Waals surface area contributed by atoms with Crippen LogP contribution in [0.15, 0.2) is 6.33 Å². The van der Waals surface area contributed by atoms with Crippen molar-refractivity contribution in [1.29, 1.82) is 0 Å². The second-order valence-corrected chi connectivity index (χ2v) is 5.17. The van der Waals surface area contributed by atoms with E-state index in [0.717, 1.165) is 51.6 Å². The molecule has 1 N–H and O–H groups in total. The standard InChI is InChI=1S/C14H25N5O2/c1-3-12(14-15-11-16-19(14)4-2)17-13(20)5-6-18-7-9-21-10-8-18/h11-12H,3-10H2,1-2H3,(H,17,20)/t12-/m0/s1. The van der Waals surface area contributed by atoms with Crippen LogP contribution >= 0.6 is 0 Å². The first-order valence-corrected chi connectivity index (χ1v) is 7.71. The quantitative estimate of drug-likeness (QED) is 0.797. The number of aromatic nitrogens is 3. The molecule has 1 aliphatic heterocycles. The van der Waals surface area contributed by atoms with Crippen LogP contribution in [0.3, 0.4) is 0 Å².